The van der Waals surface area contributed by atoms with Gasteiger partial charge in [-0.05, 0) is 18.0 Å². The van der Waals surface area contributed by atoms with E-state index >= 15 is 0 Å². The third-order valence-electron chi connectivity index (χ3n) is 2.54. The highest BCUT2D eigenvalue weighted by Crippen LogP contribution is 2.25. The highest BCUT2D eigenvalue weighted by atomic mass is 35.5. The smallest absolute Gasteiger partial charge is 0.236 e. The summed E-state index contributed by atoms with van der Waals surface area (Å²) in [5, 5.41) is 1.06. The van der Waals surface area contributed by atoms with E-state index in [1.807, 2.05) is 11.9 Å². The SMILES string of the molecule is [CH2]CC(CC1=COCO1)N(C)c1nc(Cl)ns1. The van der Waals surface area contributed by atoms with Crippen molar-refractivity contribution in [2.45, 2.75) is 18.9 Å². The number of rotatable bonds is 5. The summed E-state index contributed by atoms with van der Waals surface area (Å²) < 4.78 is 14.3. The van der Waals surface area contributed by atoms with Crippen molar-refractivity contribution in [3.8, 4) is 0 Å². The van der Waals surface area contributed by atoms with Crippen LogP contribution in [0.5, 0.6) is 0 Å². The topological polar surface area (TPSA) is 47.5 Å². The highest BCUT2D eigenvalue weighted by molar-refractivity contribution is 7.10. The van der Waals surface area contributed by atoms with Crippen molar-refractivity contribution < 1.29 is 9.47 Å². The Balaban J connectivity index is 2.01. The minimum absolute atomic E-state index is 0.187. The summed E-state index contributed by atoms with van der Waals surface area (Å²) in [5.74, 6) is 0.834. The van der Waals surface area contributed by atoms with Crippen LogP contribution in [0.1, 0.15) is 12.8 Å². The zero-order chi connectivity index (χ0) is 12.3. The highest BCUT2D eigenvalue weighted by Gasteiger charge is 2.20. The zero-order valence-corrected chi connectivity index (χ0v) is 11.0. The van der Waals surface area contributed by atoms with Gasteiger partial charge >= 0.3 is 0 Å². The van der Waals surface area contributed by atoms with Gasteiger partial charge in [0.2, 0.25) is 17.2 Å². The predicted molar refractivity (Wildman–Crippen MR) is 66.8 cm³/mol. The van der Waals surface area contributed by atoms with Crippen molar-refractivity contribution in [1.29, 1.82) is 0 Å². The second-order valence-electron chi connectivity index (χ2n) is 3.62. The maximum atomic E-state index is 5.71. The lowest BCUT2D eigenvalue weighted by Crippen LogP contribution is -2.31. The molecule has 1 radical (unpaired) electrons. The average molecular weight is 275 g/mol. The number of ether oxygens (including phenoxy) is 2. The normalized spacial score (nSPS) is 16.1. The van der Waals surface area contributed by atoms with Crippen LogP contribution in [-0.4, -0.2) is 29.2 Å². The van der Waals surface area contributed by atoms with Crippen LogP contribution in [0.2, 0.25) is 5.28 Å². The van der Waals surface area contributed by atoms with Gasteiger partial charge in [0.1, 0.15) is 12.0 Å². The lowest BCUT2D eigenvalue weighted by atomic mass is 10.1. The quantitative estimate of drug-likeness (QED) is 0.825. The molecule has 93 valence electrons. The monoisotopic (exact) mass is 274 g/mol. The van der Waals surface area contributed by atoms with Crippen LogP contribution in [-0.2, 0) is 9.47 Å². The van der Waals surface area contributed by atoms with Crippen LogP contribution in [0.3, 0.4) is 0 Å². The molecule has 0 aliphatic carbocycles. The Morgan fingerprint density at radius 3 is 3.06 bits per heavy atom. The molecular formula is C10H13ClN3O2S. The molecule has 0 aromatic carbocycles. The number of aromatic nitrogens is 2. The molecule has 1 aliphatic rings. The molecule has 7 heteroatoms. The lowest BCUT2D eigenvalue weighted by molar-refractivity contribution is 0.0769. The summed E-state index contributed by atoms with van der Waals surface area (Å²) in [5.41, 5.74) is 0. The first-order valence-corrected chi connectivity index (χ1v) is 6.30. The first kappa shape index (κ1) is 12.4. The number of anilines is 1. The lowest BCUT2D eigenvalue weighted by Gasteiger charge is -2.26. The summed E-state index contributed by atoms with van der Waals surface area (Å²) in [7, 11) is 1.95. The van der Waals surface area contributed by atoms with Crippen LogP contribution in [0.25, 0.3) is 0 Å². The molecule has 0 amide bonds. The van der Waals surface area contributed by atoms with E-state index in [9.17, 15) is 0 Å². The summed E-state index contributed by atoms with van der Waals surface area (Å²) >= 11 is 6.99. The second-order valence-corrected chi connectivity index (χ2v) is 4.68. The largest absolute Gasteiger partial charge is 0.462 e. The standard InChI is InChI=1S/C10H13ClN3O2S/c1-3-7(4-8-5-15-6-16-8)14(2)10-12-9(11)13-17-10/h5,7H,1,3-4,6H2,2H3. The Labute approximate surface area is 109 Å². The fraction of sp³-hybridized carbons (Fsp3) is 0.500. The van der Waals surface area contributed by atoms with Gasteiger partial charge in [-0.15, -0.1) is 0 Å². The van der Waals surface area contributed by atoms with E-state index in [1.165, 1.54) is 11.5 Å². The maximum Gasteiger partial charge on any atom is 0.236 e. The maximum absolute atomic E-state index is 5.71. The van der Waals surface area contributed by atoms with E-state index in [4.69, 9.17) is 21.1 Å². The molecule has 5 nitrogen and oxygen atoms in total. The molecule has 2 heterocycles. The average Bonchev–Trinajstić information content (AvgIpc) is 2.96. The number of hydrogen-bond donors (Lipinski definition) is 0. The van der Waals surface area contributed by atoms with Gasteiger partial charge in [-0.1, -0.05) is 6.92 Å². The minimum Gasteiger partial charge on any atom is -0.462 e. The Bertz CT molecular complexity index is 410. The van der Waals surface area contributed by atoms with Gasteiger partial charge in [-0.25, -0.2) is 0 Å². The van der Waals surface area contributed by atoms with Crippen molar-refractivity contribution in [2.75, 3.05) is 18.7 Å². The number of nitrogens with zero attached hydrogens (tertiary/aromatic N) is 3. The van der Waals surface area contributed by atoms with E-state index in [1.54, 1.807) is 6.26 Å². The van der Waals surface area contributed by atoms with Gasteiger partial charge in [0, 0.05) is 31.0 Å². The molecule has 0 N–H and O–H groups in total. The summed E-state index contributed by atoms with van der Waals surface area (Å²) in [4.78, 5) is 6.15. The van der Waals surface area contributed by atoms with Gasteiger partial charge in [-0.3, -0.25) is 0 Å². The van der Waals surface area contributed by atoms with Crippen molar-refractivity contribution >= 4 is 28.3 Å². The molecule has 17 heavy (non-hydrogen) atoms. The zero-order valence-electron chi connectivity index (χ0n) is 9.43. The van der Waals surface area contributed by atoms with Gasteiger partial charge in [0.25, 0.3) is 0 Å². The summed E-state index contributed by atoms with van der Waals surface area (Å²) in [6, 6.07) is 0.187. The van der Waals surface area contributed by atoms with Crippen molar-refractivity contribution in [3.63, 3.8) is 0 Å². The molecule has 0 saturated heterocycles. The van der Waals surface area contributed by atoms with Crippen LogP contribution in [0.15, 0.2) is 12.0 Å². The van der Waals surface area contributed by atoms with Gasteiger partial charge in [0.15, 0.2) is 0 Å². The summed E-state index contributed by atoms with van der Waals surface area (Å²) in [6.07, 6.45) is 3.11. The van der Waals surface area contributed by atoms with Crippen molar-refractivity contribution in [2.24, 2.45) is 0 Å². The van der Waals surface area contributed by atoms with Gasteiger partial charge < -0.3 is 14.4 Å². The molecular weight excluding hydrogens is 262 g/mol. The third kappa shape index (κ3) is 3.01. The van der Waals surface area contributed by atoms with Crippen LogP contribution < -0.4 is 4.90 Å². The fourth-order valence-corrected chi connectivity index (χ4v) is 2.38. The Kier molecular flexibility index (Phi) is 4.06. The Morgan fingerprint density at radius 1 is 1.71 bits per heavy atom. The first-order chi connectivity index (χ1) is 8.20. The molecule has 0 saturated carbocycles. The van der Waals surface area contributed by atoms with Crippen LogP contribution in [0, 0.1) is 6.92 Å². The molecule has 0 fully saturated rings. The molecule has 1 unspecified atom stereocenters. The Morgan fingerprint density at radius 2 is 2.53 bits per heavy atom. The molecule has 1 aliphatic heterocycles. The molecule has 0 spiro atoms. The molecule has 2 rings (SSSR count). The Hall–Kier alpha value is -1.01. The summed E-state index contributed by atoms with van der Waals surface area (Å²) in [6.45, 7) is 4.24. The van der Waals surface area contributed by atoms with Crippen LogP contribution in [0.4, 0.5) is 5.13 Å². The van der Waals surface area contributed by atoms with Crippen molar-refractivity contribution in [1.82, 2.24) is 9.36 Å². The second kappa shape index (κ2) is 5.55. The molecule has 1 atom stereocenters. The molecule has 1 aromatic heterocycles. The van der Waals surface area contributed by atoms with Gasteiger partial charge in [-0.2, -0.15) is 9.36 Å². The number of hydrogen-bond acceptors (Lipinski definition) is 6. The van der Waals surface area contributed by atoms with E-state index in [0.29, 0.717) is 6.79 Å². The molecule has 0 bridgehead atoms. The van der Waals surface area contributed by atoms with E-state index in [-0.39, 0.29) is 11.3 Å². The van der Waals surface area contributed by atoms with Gasteiger partial charge in [0.05, 0.1) is 0 Å². The predicted octanol–water partition coefficient (Wildman–Crippen LogP) is 2.46. The molecule has 1 aromatic rings. The van der Waals surface area contributed by atoms with E-state index < -0.39 is 0 Å². The fourth-order valence-electron chi connectivity index (χ4n) is 1.54. The van der Waals surface area contributed by atoms with Crippen molar-refractivity contribution in [3.05, 3.63) is 24.2 Å². The van der Waals surface area contributed by atoms with Crippen LogP contribution >= 0.6 is 23.1 Å². The number of halogens is 1. The first-order valence-electron chi connectivity index (χ1n) is 5.15. The van der Waals surface area contributed by atoms with E-state index in [0.717, 1.165) is 23.7 Å². The minimum atomic E-state index is 0.187. The van der Waals surface area contributed by atoms with E-state index in [2.05, 4.69) is 16.3 Å². The third-order valence-corrected chi connectivity index (χ3v) is 3.61.